The molecule has 1 aromatic carbocycles. The van der Waals surface area contributed by atoms with E-state index in [1.165, 1.54) is 16.7 Å². The quantitative estimate of drug-likeness (QED) is 0.744. The molecule has 0 aliphatic carbocycles. The summed E-state index contributed by atoms with van der Waals surface area (Å²) in [5.74, 6) is 0. The van der Waals surface area contributed by atoms with E-state index >= 15 is 0 Å². The van der Waals surface area contributed by atoms with E-state index in [0.29, 0.717) is 0 Å². The number of halogens is 1. The SMILES string of the molecule is CNCc1c(C)ccc(Cl)c1C. The molecule has 2 heteroatoms. The van der Waals surface area contributed by atoms with E-state index in [-0.39, 0.29) is 0 Å². The number of hydrogen-bond acceptors (Lipinski definition) is 1. The van der Waals surface area contributed by atoms with E-state index in [1.807, 2.05) is 13.1 Å². The highest BCUT2D eigenvalue weighted by Gasteiger charge is 2.03. The van der Waals surface area contributed by atoms with E-state index in [2.05, 4.69) is 25.2 Å². The van der Waals surface area contributed by atoms with Crippen molar-refractivity contribution in [2.24, 2.45) is 0 Å². The molecule has 0 aromatic heterocycles. The molecule has 0 aliphatic rings. The maximum Gasteiger partial charge on any atom is 0.0438 e. The standard InChI is InChI=1S/C10H14ClN/c1-7-4-5-10(11)8(2)9(7)6-12-3/h4-5,12H,6H2,1-3H3. The Morgan fingerprint density at radius 2 is 2.00 bits per heavy atom. The van der Waals surface area contributed by atoms with Crippen LogP contribution >= 0.6 is 11.6 Å². The zero-order valence-electron chi connectivity index (χ0n) is 7.74. The van der Waals surface area contributed by atoms with Gasteiger partial charge in [0.2, 0.25) is 0 Å². The number of benzene rings is 1. The van der Waals surface area contributed by atoms with Gasteiger partial charge in [0.1, 0.15) is 0 Å². The van der Waals surface area contributed by atoms with E-state index in [1.54, 1.807) is 0 Å². The first-order valence-electron chi connectivity index (χ1n) is 4.06. The third kappa shape index (κ3) is 1.79. The zero-order chi connectivity index (χ0) is 9.14. The van der Waals surface area contributed by atoms with Gasteiger partial charge >= 0.3 is 0 Å². The average molecular weight is 184 g/mol. The first-order chi connectivity index (χ1) is 5.66. The summed E-state index contributed by atoms with van der Waals surface area (Å²) in [6.07, 6.45) is 0. The maximum absolute atomic E-state index is 5.99. The van der Waals surface area contributed by atoms with Crippen molar-refractivity contribution in [3.8, 4) is 0 Å². The molecule has 0 spiro atoms. The fraction of sp³-hybridized carbons (Fsp3) is 0.400. The van der Waals surface area contributed by atoms with Gasteiger partial charge in [0.15, 0.2) is 0 Å². The summed E-state index contributed by atoms with van der Waals surface area (Å²) in [6, 6.07) is 4.01. The molecule has 0 amide bonds. The molecule has 1 rings (SSSR count). The molecule has 0 fully saturated rings. The Hall–Kier alpha value is -0.530. The predicted octanol–water partition coefficient (Wildman–Crippen LogP) is 2.68. The molecule has 1 N–H and O–H groups in total. The van der Waals surface area contributed by atoms with Gasteiger partial charge in [-0.2, -0.15) is 0 Å². The minimum absolute atomic E-state index is 0.853. The number of rotatable bonds is 2. The molecule has 0 unspecified atom stereocenters. The molecular formula is C10H14ClN. The fourth-order valence-corrected chi connectivity index (χ4v) is 1.49. The van der Waals surface area contributed by atoms with Gasteiger partial charge in [-0.3, -0.25) is 0 Å². The summed E-state index contributed by atoms with van der Waals surface area (Å²) >= 11 is 5.99. The molecule has 0 bridgehead atoms. The van der Waals surface area contributed by atoms with Crippen LogP contribution in [0.5, 0.6) is 0 Å². The second-order valence-corrected chi connectivity index (χ2v) is 3.41. The third-order valence-corrected chi connectivity index (χ3v) is 2.53. The minimum Gasteiger partial charge on any atom is -0.316 e. The molecule has 0 radical (unpaired) electrons. The Bertz CT molecular complexity index is 281. The van der Waals surface area contributed by atoms with Gasteiger partial charge in [-0.1, -0.05) is 17.7 Å². The summed E-state index contributed by atoms with van der Waals surface area (Å²) in [5.41, 5.74) is 3.79. The molecule has 0 saturated heterocycles. The van der Waals surface area contributed by atoms with Crippen molar-refractivity contribution in [3.05, 3.63) is 33.8 Å². The summed E-state index contributed by atoms with van der Waals surface area (Å²) < 4.78 is 0. The minimum atomic E-state index is 0.853. The van der Waals surface area contributed by atoms with Gasteiger partial charge in [0.25, 0.3) is 0 Å². The van der Waals surface area contributed by atoms with E-state index in [0.717, 1.165) is 11.6 Å². The zero-order valence-corrected chi connectivity index (χ0v) is 8.50. The Morgan fingerprint density at radius 3 is 2.58 bits per heavy atom. The first-order valence-corrected chi connectivity index (χ1v) is 4.43. The smallest absolute Gasteiger partial charge is 0.0438 e. The van der Waals surface area contributed by atoms with E-state index in [9.17, 15) is 0 Å². The molecular weight excluding hydrogens is 170 g/mol. The predicted molar refractivity (Wildman–Crippen MR) is 53.7 cm³/mol. The highest BCUT2D eigenvalue weighted by Crippen LogP contribution is 2.21. The van der Waals surface area contributed by atoms with Crippen molar-refractivity contribution < 1.29 is 0 Å². The molecule has 0 saturated carbocycles. The van der Waals surface area contributed by atoms with E-state index in [4.69, 9.17) is 11.6 Å². The van der Waals surface area contributed by atoms with Gasteiger partial charge in [0.05, 0.1) is 0 Å². The molecule has 12 heavy (non-hydrogen) atoms. The second kappa shape index (κ2) is 3.92. The fourth-order valence-electron chi connectivity index (χ4n) is 1.31. The number of hydrogen-bond donors (Lipinski definition) is 1. The van der Waals surface area contributed by atoms with Crippen molar-refractivity contribution in [1.82, 2.24) is 5.32 Å². The average Bonchev–Trinajstić information content (AvgIpc) is 2.06. The molecule has 1 aromatic rings. The lowest BCUT2D eigenvalue weighted by molar-refractivity contribution is 0.806. The van der Waals surface area contributed by atoms with Crippen molar-refractivity contribution >= 4 is 11.6 Å². The Morgan fingerprint density at radius 1 is 1.33 bits per heavy atom. The number of nitrogens with one attached hydrogen (secondary N) is 1. The van der Waals surface area contributed by atoms with Crippen LogP contribution in [-0.4, -0.2) is 7.05 Å². The van der Waals surface area contributed by atoms with Gasteiger partial charge in [-0.05, 0) is 43.7 Å². The van der Waals surface area contributed by atoms with Gasteiger partial charge in [-0.15, -0.1) is 0 Å². The van der Waals surface area contributed by atoms with E-state index < -0.39 is 0 Å². The van der Waals surface area contributed by atoms with Crippen LogP contribution in [0.15, 0.2) is 12.1 Å². The van der Waals surface area contributed by atoms with Crippen LogP contribution in [0.4, 0.5) is 0 Å². The second-order valence-electron chi connectivity index (χ2n) is 3.00. The van der Waals surface area contributed by atoms with Crippen LogP contribution in [-0.2, 0) is 6.54 Å². The van der Waals surface area contributed by atoms with Crippen molar-refractivity contribution in [2.45, 2.75) is 20.4 Å². The molecule has 0 atom stereocenters. The monoisotopic (exact) mass is 183 g/mol. The van der Waals surface area contributed by atoms with Crippen LogP contribution in [0.2, 0.25) is 5.02 Å². The highest BCUT2D eigenvalue weighted by molar-refractivity contribution is 6.31. The highest BCUT2D eigenvalue weighted by atomic mass is 35.5. The van der Waals surface area contributed by atoms with Gasteiger partial charge in [0, 0.05) is 11.6 Å². The lowest BCUT2D eigenvalue weighted by Gasteiger charge is -2.10. The Balaban J connectivity index is 3.14. The lowest BCUT2D eigenvalue weighted by atomic mass is 10.0. The summed E-state index contributed by atoms with van der Waals surface area (Å²) in [4.78, 5) is 0. The first kappa shape index (κ1) is 9.56. The topological polar surface area (TPSA) is 12.0 Å². The summed E-state index contributed by atoms with van der Waals surface area (Å²) in [5, 5.41) is 3.99. The van der Waals surface area contributed by atoms with Crippen LogP contribution in [0, 0.1) is 13.8 Å². The van der Waals surface area contributed by atoms with Crippen LogP contribution in [0.1, 0.15) is 16.7 Å². The molecule has 66 valence electrons. The van der Waals surface area contributed by atoms with Crippen molar-refractivity contribution in [3.63, 3.8) is 0 Å². The van der Waals surface area contributed by atoms with Crippen LogP contribution in [0.3, 0.4) is 0 Å². The van der Waals surface area contributed by atoms with Crippen molar-refractivity contribution in [1.29, 1.82) is 0 Å². The Labute approximate surface area is 78.7 Å². The van der Waals surface area contributed by atoms with Crippen LogP contribution in [0.25, 0.3) is 0 Å². The Kier molecular flexibility index (Phi) is 3.12. The molecule has 0 aliphatic heterocycles. The normalized spacial score (nSPS) is 10.3. The van der Waals surface area contributed by atoms with Crippen LogP contribution < -0.4 is 5.32 Å². The largest absolute Gasteiger partial charge is 0.316 e. The maximum atomic E-state index is 5.99. The summed E-state index contributed by atoms with van der Waals surface area (Å²) in [6.45, 7) is 5.05. The third-order valence-electron chi connectivity index (χ3n) is 2.12. The number of aryl methyl sites for hydroxylation is 1. The molecule has 1 nitrogen and oxygen atoms in total. The van der Waals surface area contributed by atoms with Gasteiger partial charge < -0.3 is 5.32 Å². The lowest BCUT2D eigenvalue weighted by Crippen LogP contribution is -2.08. The van der Waals surface area contributed by atoms with Crippen molar-refractivity contribution in [2.75, 3.05) is 7.05 Å². The van der Waals surface area contributed by atoms with Gasteiger partial charge in [-0.25, -0.2) is 0 Å². The molecule has 0 heterocycles. The summed E-state index contributed by atoms with van der Waals surface area (Å²) in [7, 11) is 1.94.